The number of para-hydroxylation sites is 2. The van der Waals surface area contributed by atoms with E-state index in [1.165, 1.54) is 42.5 Å². The van der Waals surface area contributed by atoms with E-state index in [9.17, 15) is 25.0 Å². The van der Waals surface area contributed by atoms with E-state index < -0.39 is 21.7 Å². The van der Waals surface area contributed by atoms with Gasteiger partial charge in [0.05, 0.1) is 15.8 Å². The first-order valence-corrected chi connectivity index (χ1v) is 6.69. The van der Waals surface area contributed by atoms with Crippen molar-refractivity contribution in [2.75, 3.05) is 5.32 Å². The second-order valence-corrected chi connectivity index (χ2v) is 4.83. The highest BCUT2D eigenvalue weighted by Crippen LogP contribution is 2.26. The summed E-state index contributed by atoms with van der Waals surface area (Å²) in [6.07, 6.45) is 0. The summed E-state index contributed by atoms with van der Waals surface area (Å²) in [4.78, 5) is 32.7. The van der Waals surface area contributed by atoms with Gasteiger partial charge in [0.15, 0.2) is 0 Å². The van der Waals surface area contributed by atoms with Crippen LogP contribution in [-0.2, 0) is 4.79 Å². The molecule has 8 nitrogen and oxygen atoms in total. The summed E-state index contributed by atoms with van der Waals surface area (Å²) in [5.74, 6) is -1.05. The monoisotopic (exact) mass is 315 g/mol. The van der Waals surface area contributed by atoms with E-state index >= 15 is 0 Å². The number of nitro benzene ring substituents is 2. The first-order valence-electron chi connectivity index (χ1n) is 6.69. The van der Waals surface area contributed by atoms with Crippen LogP contribution < -0.4 is 5.32 Å². The summed E-state index contributed by atoms with van der Waals surface area (Å²) in [5.41, 5.74) is 0.416. The lowest BCUT2D eigenvalue weighted by Gasteiger charge is -2.12. The molecule has 0 heterocycles. The van der Waals surface area contributed by atoms with Crippen LogP contribution in [0.5, 0.6) is 0 Å². The number of carbonyl (C=O) groups excluding carboxylic acids is 1. The van der Waals surface area contributed by atoms with E-state index in [1.54, 1.807) is 13.0 Å². The van der Waals surface area contributed by atoms with Crippen molar-refractivity contribution < 1.29 is 14.6 Å². The molecule has 0 aromatic heterocycles. The van der Waals surface area contributed by atoms with Gasteiger partial charge in [-0.15, -0.1) is 0 Å². The normalized spacial score (nSPS) is 11.5. The molecular formula is C15H13N3O5. The van der Waals surface area contributed by atoms with Crippen molar-refractivity contribution in [3.63, 3.8) is 0 Å². The number of anilines is 1. The van der Waals surface area contributed by atoms with Gasteiger partial charge in [0.2, 0.25) is 5.91 Å². The fourth-order valence-corrected chi connectivity index (χ4v) is 2.02. The molecule has 0 spiro atoms. The number of carbonyl (C=O) groups is 1. The van der Waals surface area contributed by atoms with Gasteiger partial charge in [0.25, 0.3) is 11.4 Å². The van der Waals surface area contributed by atoms with Crippen LogP contribution in [0.15, 0.2) is 48.5 Å². The molecule has 0 aliphatic heterocycles. The molecule has 2 rings (SSSR count). The Labute approximate surface area is 131 Å². The zero-order valence-electron chi connectivity index (χ0n) is 12.1. The predicted octanol–water partition coefficient (Wildman–Crippen LogP) is 3.25. The molecule has 0 aliphatic rings. The van der Waals surface area contributed by atoms with E-state index in [-0.39, 0.29) is 17.1 Å². The van der Waals surface area contributed by atoms with E-state index in [0.29, 0.717) is 5.56 Å². The molecule has 2 aromatic carbocycles. The summed E-state index contributed by atoms with van der Waals surface area (Å²) < 4.78 is 0. The third kappa shape index (κ3) is 3.67. The quantitative estimate of drug-likeness (QED) is 0.671. The summed E-state index contributed by atoms with van der Waals surface area (Å²) in [7, 11) is 0. The summed E-state index contributed by atoms with van der Waals surface area (Å²) in [6.45, 7) is 1.62. The highest BCUT2D eigenvalue weighted by atomic mass is 16.6. The van der Waals surface area contributed by atoms with Gasteiger partial charge >= 0.3 is 0 Å². The molecular weight excluding hydrogens is 302 g/mol. The average molecular weight is 315 g/mol. The molecule has 0 aliphatic carbocycles. The number of non-ortho nitro benzene ring substituents is 1. The minimum atomic E-state index is -0.615. The SMILES string of the molecule is CC(C(=O)Nc1ccccc1[N+](=O)[O-])c1ccc([N+](=O)[O-])cc1. The molecule has 0 bridgehead atoms. The first kappa shape index (κ1) is 16.1. The first-order chi connectivity index (χ1) is 10.9. The van der Waals surface area contributed by atoms with Gasteiger partial charge in [-0.1, -0.05) is 24.3 Å². The van der Waals surface area contributed by atoms with Crippen molar-refractivity contribution in [1.82, 2.24) is 0 Å². The van der Waals surface area contributed by atoms with Gasteiger partial charge in [-0.25, -0.2) is 0 Å². The van der Waals surface area contributed by atoms with Crippen LogP contribution in [0.4, 0.5) is 17.1 Å². The number of benzene rings is 2. The Kier molecular flexibility index (Phi) is 4.65. The zero-order chi connectivity index (χ0) is 17.0. The van der Waals surface area contributed by atoms with Crippen molar-refractivity contribution in [3.05, 3.63) is 74.3 Å². The van der Waals surface area contributed by atoms with Crippen LogP contribution in [0.1, 0.15) is 18.4 Å². The van der Waals surface area contributed by atoms with E-state index in [4.69, 9.17) is 0 Å². The average Bonchev–Trinajstić information content (AvgIpc) is 2.54. The van der Waals surface area contributed by atoms with Gasteiger partial charge in [0, 0.05) is 18.2 Å². The summed E-state index contributed by atoms with van der Waals surface area (Å²) in [5, 5.41) is 24.1. The van der Waals surface area contributed by atoms with E-state index in [1.807, 2.05) is 0 Å². The third-order valence-electron chi connectivity index (χ3n) is 3.36. The predicted molar refractivity (Wildman–Crippen MR) is 83.2 cm³/mol. The van der Waals surface area contributed by atoms with Gasteiger partial charge in [-0.3, -0.25) is 25.0 Å². The minimum Gasteiger partial charge on any atom is -0.320 e. The van der Waals surface area contributed by atoms with Crippen molar-refractivity contribution in [2.24, 2.45) is 0 Å². The lowest BCUT2D eigenvalue weighted by atomic mass is 10.00. The van der Waals surface area contributed by atoms with E-state index in [2.05, 4.69) is 5.32 Å². The van der Waals surface area contributed by atoms with Crippen LogP contribution in [0.2, 0.25) is 0 Å². The zero-order valence-corrected chi connectivity index (χ0v) is 12.1. The molecule has 0 fully saturated rings. The second kappa shape index (κ2) is 6.65. The Morgan fingerprint density at radius 2 is 1.61 bits per heavy atom. The molecule has 2 aromatic rings. The Morgan fingerprint density at radius 1 is 1.00 bits per heavy atom. The number of hydrogen-bond donors (Lipinski definition) is 1. The number of nitrogens with one attached hydrogen (secondary N) is 1. The van der Waals surface area contributed by atoms with Crippen molar-refractivity contribution in [3.8, 4) is 0 Å². The molecule has 0 radical (unpaired) electrons. The minimum absolute atomic E-state index is 0.0694. The number of rotatable bonds is 5. The molecule has 1 amide bonds. The maximum atomic E-state index is 12.2. The molecule has 0 saturated heterocycles. The maximum absolute atomic E-state index is 12.2. The molecule has 118 valence electrons. The van der Waals surface area contributed by atoms with Gasteiger partial charge in [0.1, 0.15) is 5.69 Å². The topological polar surface area (TPSA) is 115 Å². The Balaban J connectivity index is 2.17. The molecule has 23 heavy (non-hydrogen) atoms. The Hall–Kier alpha value is -3.29. The Bertz CT molecular complexity index is 758. The number of amides is 1. The number of nitro groups is 2. The highest BCUT2D eigenvalue weighted by molar-refractivity contribution is 5.97. The van der Waals surface area contributed by atoms with E-state index in [0.717, 1.165) is 0 Å². The van der Waals surface area contributed by atoms with Crippen LogP contribution in [0.3, 0.4) is 0 Å². The molecule has 1 N–H and O–H groups in total. The number of nitrogens with zero attached hydrogens (tertiary/aromatic N) is 2. The van der Waals surface area contributed by atoms with Crippen LogP contribution in [0, 0.1) is 20.2 Å². The van der Waals surface area contributed by atoms with Crippen molar-refractivity contribution in [1.29, 1.82) is 0 Å². The smallest absolute Gasteiger partial charge is 0.292 e. The molecule has 1 unspecified atom stereocenters. The molecule has 1 atom stereocenters. The van der Waals surface area contributed by atoms with Gasteiger partial charge in [-0.2, -0.15) is 0 Å². The highest BCUT2D eigenvalue weighted by Gasteiger charge is 2.20. The lowest BCUT2D eigenvalue weighted by molar-refractivity contribution is -0.384. The standard InChI is InChI=1S/C15H13N3O5/c1-10(11-6-8-12(9-7-11)17(20)21)15(19)16-13-4-2-3-5-14(13)18(22)23/h2-10H,1H3,(H,16,19). The number of hydrogen-bond acceptors (Lipinski definition) is 5. The van der Waals surface area contributed by atoms with Crippen LogP contribution in [-0.4, -0.2) is 15.8 Å². The van der Waals surface area contributed by atoms with Crippen molar-refractivity contribution >= 4 is 23.0 Å². The fourth-order valence-electron chi connectivity index (χ4n) is 2.02. The third-order valence-corrected chi connectivity index (χ3v) is 3.36. The van der Waals surface area contributed by atoms with Crippen LogP contribution >= 0.6 is 0 Å². The maximum Gasteiger partial charge on any atom is 0.292 e. The summed E-state index contributed by atoms with van der Waals surface area (Å²) in [6, 6.07) is 11.4. The van der Waals surface area contributed by atoms with Crippen molar-refractivity contribution in [2.45, 2.75) is 12.8 Å². The van der Waals surface area contributed by atoms with Gasteiger partial charge in [-0.05, 0) is 18.6 Å². The van der Waals surface area contributed by atoms with Crippen LogP contribution in [0.25, 0.3) is 0 Å². The Morgan fingerprint density at radius 3 is 2.17 bits per heavy atom. The van der Waals surface area contributed by atoms with Gasteiger partial charge < -0.3 is 5.32 Å². The molecule has 0 saturated carbocycles. The fraction of sp³-hybridized carbons (Fsp3) is 0.133. The molecule has 8 heteroatoms. The lowest BCUT2D eigenvalue weighted by Crippen LogP contribution is -2.19. The largest absolute Gasteiger partial charge is 0.320 e. The summed E-state index contributed by atoms with van der Waals surface area (Å²) >= 11 is 0. The second-order valence-electron chi connectivity index (χ2n) is 4.83.